The maximum absolute atomic E-state index is 12.3. The van der Waals surface area contributed by atoms with Gasteiger partial charge in [-0.3, -0.25) is 9.59 Å². The molecule has 3 N–H and O–H groups in total. The second-order valence-corrected chi connectivity index (χ2v) is 8.16. The molecule has 0 fully saturated rings. The van der Waals surface area contributed by atoms with Crippen LogP contribution in [0.3, 0.4) is 0 Å². The fraction of sp³-hybridized carbons (Fsp3) is 0.400. The van der Waals surface area contributed by atoms with Gasteiger partial charge in [0.1, 0.15) is 6.61 Å². The van der Waals surface area contributed by atoms with Crippen LogP contribution in [0.1, 0.15) is 50.2 Å². The Morgan fingerprint density at radius 2 is 1.62 bits per heavy atom. The maximum Gasteiger partial charge on any atom is 0.407 e. The molecule has 1 aliphatic carbocycles. The van der Waals surface area contributed by atoms with E-state index in [4.69, 9.17) is 9.84 Å². The summed E-state index contributed by atoms with van der Waals surface area (Å²) in [5, 5.41) is 14.4. The number of aliphatic carboxylic acids is 1. The molecule has 0 heterocycles. The molecule has 7 nitrogen and oxygen atoms in total. The van der Waals surface area contributed by atoms with Gasteiger partial charge in [0.05, 0.1) is 5.92 Å². The zero-order chi connectivity index (χ0) is 23.1. The van der Waals surface area contributed by atoms with E-state index in [1.54, 1.807) is 13.8 Å². The van der Waals surface area contributed by atoms with Crippen molar-refractivity contribution >= 4 is 18.0 Å². The molecular formula is C25H30N2O5. The Balaban J connectivity index is 1.44. The smallest absolute Gasteiger partial charge is 0.407 e. The summed E-state index contributed by atoms with van der Waals surface area (Å²) in [6, 6.07) is 16.0. The van der Waals surface area contributed by atoms with E-state index in [1.807, 2.05) is 24.3 Å². The quantitative estimate of drug-likeness (QED) is 0.521. The van der Waals surface area contributed by atoms with Crippen molar-refractivity contribution in [3.8, 4) is 11.1 Å². The fourth-order valence-corrected chi connectivity index (χ4v) is 3.99. The SMILES string of the molecule is CCC(CNC(=O)CCC(C)NC(=O)OCC1c2ccccc2-c2ccccc21)C(=O)O. The molecule has 2 atom stereocenters. The van der Waals surface area contributed by atoms with Crippen molar-refractivity contribution in [2.75, 3.05) is 13.2 Å². The maximum atomic E-state index is 12.3. The lowest BCUT2D eigenvalue weighted by atomic mass is 9.98. The number of carboxylic acid groups (broad SMARTS) is 1. The highest BCUT2D eigenvalue weighted by Gasteiger charge is 2.29. The number of rotatable bonds is 10. The molecule has 0 spiro atoms. The van der Waals surface area contributed by atoms with Crippen LogP contribution in [0.2, 0.25) is 0 Å². The van der Waals surface area contributed by atoms with Gasteiger partial charge in [0.15, 0.2) is 0 Å². The van der Waals surface area contributed by atoms with Crippen molar-refractivity contribution < 1.29 is 24.2 Å². The first kappa shape index (κ1) is 23.3. The van der Waals surface area contributed by atoms with Crippen molar-refractivity contribution in [3.63, 3.8) is 0 Å². The van der Waals surface area contributed by atoms with E-state index in [0.717, 1.165) is 11.1 Å². The highest BCUT2D eigenvalue weighted by Crippen LogP contribution is 2.44. The second kappa shape index (κ2) is 10.8. The Labute approximate surface area is 188 Å². The fourth-order valence-electron chi connectivity index (χ4n) is 3.99. The topological polar surface area (TPSA) is 105 Å². The van der Waals surface area contributed by atoms with Crippen molar-refractivity contribution in [2.45, 2.75) is 45.1 Å². The molecule has 3 rings (SSSR count). The van der Waals surface area contributed by atoms with Gasteiger partial charge in [-0.05, 0) is 42.0 Å². The van der Waals surface area contributed by atoms with E-state index >= 15 is 0 Å². The number of amides is 2. The van der Waals surface area contributed by atoms with Gasteiger partial charge >= 0.3 is 12.1 Å². The Bertz CT molecular complexity index is 929. The van der Waals surface area contributed by atoms with Crippen molar-refractivity contribution in [3.05, 3.63) is 59.7 Å². The molecule has 0 aliphatic heterocycles. The lowest BCUT2D eigenvalue weighted by Crippen LogP contribution is -2.36. The summed E-state index contributed by atoms with van der Waals surface area (Å²) in [6.45, 7) is 3.92. The van der Waals surface area contributed by atoms with Crippen LogP contribution >= 0.6 is 0 Å². The van der Waals surface area contributed by atoms with Gasteiger partial charge in [-0.1, -0.05) is 55.5 Å². The van der Waals surface area contributed by atoms with Crippen LogP contribution in [0.4, 0.5) is 4.79 Å². The molecule has 2 amide bonds. The summed E-state index contributed by atoms with van der Waals surface area (Å²) in [4.78, 5) is 35.3. The van der Waals surface area contributed by atoms with Gasteiger partial charge in [0, 0.05) is 24.9 Å². The average molecular weight is 439 g/mol. The Morgan fingerprint density at radius 3 is 2.19 bits per heavy atom. The largest absolute Gasteiger partial charge is 0.481 e. The predicted molar refractivity (Wildman–Crippen MR) is 121 cm³/mol. The van der Waals surface area contributed by atoms with Crippen LogP contribution in [0.5, 0.6) is 0 Å². The lowest BCUT2D eigenvalue weighted by Gasteiger charge is -2.17. The normalized spacial score (nSPS) is 14.1. The Hall–Kier alpha value is -3.35. The van der Waals surface area contributed by atoms with Crippen LogP contribution in [0, 0.1) is 5.92 Å². The first-order valence-corrected chi connectivity index (χ1v) is 11.0. The molecule has 1 aliphatic rings. The van der Waals surface area contributed by atoms with E-state index in [0.29, 0.717) is 12.8 Å². The van der Waals surface area contributed by atoms with E-state index in [1.165, 1.54) is 11.1 Å². The average Bonchev–Trinajstić information content (AvgIpc) is 3.10. The third-order valence-electron chi connectivity index (χ3n) is 5.90. The summed E-state index contributed by atoms with van der Waals surface area (Å²) in [5.74, 6) is -1.74. The number of carbonyl (C=O) groups is 3. The summed E-state index contributed by atoms with van der Waals surface area (Å²) in [5.41, 5.74) is 4.64. The summed E-state index contributed by atoms with van der Waals surface area (Å²) >= 11 is 0. The zero-order valence-corrected chi connectivity index (χ0v) is 18.5. The van der Waals surface area contributed by atoms with Crippen LogP contribution < -0.4 is 10.6 Å². The number of fused-ring (bicyclic) bond motifs is 3. The first-order valence-electron chi connectivity index (χ1n) is 11.0. The van der Waals surface area contributed by atoms with E-state index < -0.39 is 18.0 Å². The monoisotopic (exact) mass is 438 g/mol. The van der Waals surface area contributed by atoms with Gasteiger partial charge in [0.25, 0.3) is 0 Å². The lowest BCUT2D eigenvalue weighted by molar-refractivity contribution is -0.141. The first-order chi connectivity index (χ1) is 15.4. The molecule has 32 heavy (non-hydrogen) atoms. The molecule has 0 radical (unpaired) electrons. The molecule has 0 saturated heterocycles. The number of hydrogen-bond donors (Lipinski definition) is 3. The zero-order valence-electron chi connectivity index (χ0n) is 18.5. The number of carbonyl (C=O) groups excluding carboxylic acids is 2. The van der Waals surface area contributed by atoms with Crippen molar-refractivity contribution in [2.24, 2.45) is 5.92 Å². The molecule has 170 valence electrons. The molecule has 2 unspecified atom stereocenters. The standard InChI is InChI=1S/C25H30N2O5/c1-3-17(24(29)30)14-26-23(28)13-12-16(2)27-25(31)32-15-22-20-10-6-4-8-18(20)19-9-5-7-11-21(19)22/h4-11,16-17,22H,3,12-15H2,1-2H3,(H,26,28)(H,27,31)(H,29,30). The number of benzene rings is 2. The van der Waals surface area contributed by atoms with Crippen LogP contribution in [0.15, 0.2) is 48.5 Å². The number of alkyl carbamates (subject to hydrolysis) is 1. The Morgan fingerprint density at radius 1 is 1.03 bits per heavy atom. The highest BCUT2D eigenvalue weighted by atomic mass is 16.5. The number of hydrogen-bond acceptors (Lipinski definition) is 4. The number of nitrogens with one attached hydrogen (secondary N) is 2. The molecule has 7 heteroatoms. The van der Waals surface area contributed by atoms with Crippen LogP contribution in [0.25, 0.3) is 11.1 Å². The molecule has 0 saturated carbocycles. The van der Waals surface area contributed by atoms with E-state index in [9.17, 15) is 14.4 Å². The number of carboxylic acids is 1. The van der Waals surface area contributed by atoms with E-state index in [-0.39, 0.29) is 37.4 Å². The minimum Gasteiger partial charge on any atom is -0.481 e. The van der Waals surface area contributed by atoms with Gasteiger partial charge < -0.3 is 20.5 Å². The molecule has 2 aromatic carbocycles. The minimum absolute atomic E-state index is 0.00465. The van der Waals surface area contributed by atoms with Crippen LogP contribution in [-0.4, -0.2) is 42.3 Å². The van der Waals surface area contributed by atoms with Crippen molar-refractivity contribution in [1.29, 1.82) is 0 Å². The minimum atomic E-state index is -0.918. The highest BCUT2D eigenvalue weighted by molar-refractivity contribution is 5.79. The second-order valence-electron chi connectivity index (χ2n) is 8.16. The van der Waals surface area contributed by atoms with Gasteiger partial charge in [0.2, 0.25) is 5.91 Å². The third kappa shape index (κ3) is 5.66. The summed E-state index contributed by atoms with van der Waals surface area (Å²) in [7, 11) is 0. The Kier molecular flexibility index (Phi) is 7.87. The summed E-state index contributed by atoms with van der Waals surface area (Å²) < 4.78 is 5.52. The molecular weight excluding hydrogens is 408 g/mol. The summed E-state index contributed by atoms with van der Waals surface area (Å²) in [6.07, 6.45) is 0.563. The van der Waals surface area contributed by atoms with Gasteiger partial charge in [-0.15, -0.1) is 0 Å². The van der Waals surface area contributed by atoms with Gasteiger partial charge in [-0.25, -0.2) is 4.79 Å². The molecule has 2 aromatic rings. The number of ether oxygens (including phenoxy) is 1. The van der Waals surface area contributed by atoms with Crippen LogP contribution in [-0.2, 0) is 14.3 Å². The van der Waals surface area contributed by atoms with Gasteiger partial charge in [-0.2, -0.15) is 0 Å². The van der Waals surface area contributed by atoms with E-state index in [2.05, 4.69) is 34.9 Å². The third-order valence-corrected chi connectivity index (χ3v) is 5.90. The predicted octanol–water partition coefficient (Wildman–Crippen LogP) is 3.92. The van der Waals surface area contributed by atoms with Crippen molar-refractivity contribution in [1.82, 2.24) is 10.6 Å². The molecule has 0 bridgehead atoms. The molecule has 0 aromatic heterocycles.